The molecule has 0 unspecified atom stereocenters. The van der Waals surface area contributed by atoms with Gasteiger partial charge in [0, 0.05) is 32.2 Å². The quantitative estimate of drug-likeness (QED) is 0.445. The zero-order valence-corrected chi connectivity index (χ0v) is 18.5. The summed E-state index contributed by atoms with van der Waals surface area (Å²) in [5.41, 5.74) is 0.903. The number of halogens is 1. The van der Waals surface area contributed by atoms with Crippen LogP contribution in [0, 0.1) is 11.3 Å². The van der Waals surface area contributed by atoms with Crippen LogP contribution in [0.2, 0.25) is 0 Å². The third-order valence-electron chi connectivity index (χ3n) is 6.05. The number of nitriles is 1. The van der Waals surface area contributed by atoms with Crippen molar-refractivity contribution < 1.29 is 12.8 Å². The topological polar surface area (TPSA) is 64.4 Å². The van der Waals surface area contributed by atoms with E-state index in [9.17, 15) is 12.8 Å². The first-order chi connectivity index (χ1) is 13.2. The summed E-state index contributed by atoms with van der Waals surface area (Å²) >= 11 is 0. The zero-order valence-electron chi connectivity index (χ0n) is 17.7. The maximum absolute atomic E-state index is 13.4. The van der Waals surface area contributed by atoms with E-state index in [0.29, 0.717) is 39.0 Å². The molecule has 0 radical (unpaired) electrons. The van der Waals surface area contributed by atoms with Crippen molar-refractivity contribution in [3.05, 3.63) is 23.0 Å². The van der Waals surface area contributed by atoms with E-state index in [4.69, 9.17) is 5.26 Å². The van der Waals surface area contributed by atoms with Crippen molar-refractivity contribution >= 4 is 10.0 Å². The standard InChI is InChI=1S/C21H34FN3O2S/c1-5-7-20(8-6-2)25-12-10-21(28(25,26)27)9-11-24(16-21)15-17(3)13-19(14-23)18(4)22/h13,20H,5-12,15-16H2,1-4H3/b17-13+,19-18-/t21-/m0/s1. The van der Waals surface area contributed by atoms with Crippen LogP contribution in [-0.2, 0) is 10.0 Å². The first-order valence-corrected chi connectivity index (χ1v) is 11.8. The molecule has 158 valence electrons. The van der Waals surface area contributed by atoms with Crippen LogP contribution in [-0.4, -0.2) is 54.6 Å². The summed E-state index contributed by atoms with van der Waals surface area (Å²) in [6.45, 7) is 9.76. The van der Waals surface area contributed by atoms with Crippen molar-refractivity contribution in [1.82, 2.24) is 9.21 Å². The van der Waals surface area contributed by atoms with Gasteiger partial charge in [0.2, 0.25) is 10.0 Å². The van der Waals surface area contributed by atoms with Crippen LogP contribution in [0.1, 0.15) is 66.2 Å². The Morgan fingerprint density at radius 1 is 1.21 bits per heavy atom. The van der Waals surface area contributed by atoms with Gasteiger partial charge in [-0.2, -0.15) is 9.57 Å². The minimum atomic E-state index is -3.33. The summed E-state index contributed by atoms with van der Waals surface area (Å²) in [6.07, 6.45) is 6.71. The highest BCUT2D eigenvalue weighted by Gasteiger charge is 2.56. The molecule has 2 saturated heterocycles. The second kappa shape index (κ2) is 9.51. The van der Waals surface area contributed by atoms with E-state index in [-0.39, 0.29) is 11.6 Å². The minimum Gasteiger partial charge on any atom is -0.298 e. The number of likely N-dealkylation sites (tertiary alicyclic amines) is 1. The molecule has 0 saturated carbocycles. The average molecular weight is 412 g/mol. The van der Waals surface area contributed by atoms with E-state index in [2.05, 4.69) is 18.7 Å². The highest BCUT2D eigenvalue weighted by atomic mass is 32.2. The van der Waals surface area contributed by atoms with E-state index < -0.39 is 20.6 Å². The van der Waals surface area contributed by atoms with Gasteiger partial charge in [0.15, 0.2) is 0 Å². The summed E-state index contributed by atoms with van der Waals surface area (Å²) in [5.74, 6) is -0.494. The van der Waals surface area contributed by atoms with Crippen LogP contribution in [0.25, 0.3) is 0 Å². The Morgan fingerprint density at radius 2 is 1.82 bits per heavy atom. The summed E-state index contributed by atoms with van der Waals surface area (Å²) in [4.78, 5) is 2.13. The molecule has 0 N–H and O–H groups in total. The molecule has 0 bridgehead atoms. The van der Waals surface area contributed by atoms with Crippen LogP contribution in [0.5, 0.6) is 0 Å². The van der Waals surface area contributed by atoms with Gasteiger partial charge in [-0.25, -0.2) is 12.8 Å². The molecule has 2 aliphatic heterocycles. The zero-order chi connectivity index (χ0) is 20.9. The van der Waals surface area contributed by atoms with E-state index >= 15 is 0 Å². The first kappa shape index (κ1) is 23.1. The van der Waals surface area contributed by atoms with Crippen LogP contribution < -0.4 is 0 Å². The molecule has 0 aromatic carbocycles. The smallest absolute Gasteiger partial charge is 0.221 e. The number of rotatable bonds is 8. The number of hydrogen-bond acceptors (Lipinski definition) is 4. The Kier molecular flexibility index (Phi) is 7.83. The van der Waals surface area contributed by atoms with Crippen molar-refractivity contribution in [2.75, 3.05) is 26.2 Å². The maximum atomic E-state index is 13.4. The number of hydrogen-bond donors (Lipinski definition) is 0. The largest absolute Gasteiger partial charge is 0.298 e. The molecule has 0 aromatic rings. The molecule has 0 aromatic heterocycles. The normalized spacial score (nSPS) is 26.8. The average Bonchev–Trinajstić information content (AvgIpc) is 3.14. The van der Waals surface area contributed by atoms with Gasteiger partial charge in [0.25, 0.3) is 0 Å². The van der Waals surface area contributed by atoms with Crippen molar-refractivity contribution in [1.29, 1.82) is 5.26 Å². The predicted molar refractivity (Wildman–Crippen MR) is 111 cm³/mol. The van der Waals surface area contributed by atoms with Crippen molar-refractivity contribution in [2.24, 2.45) is 0 Å². The summed E-state index contributed by atoms with van der Waals surface area (Å²) in [7, 11) is -3.33. The number of nitrogens with zero attached hydrogens (tertiary/aromatic N) is 3. The van der Waals surface area contributed by atoms with Gasteiger partial charge in [0.1, 0.15) is 16.6 Å². The molecular weight excluding hydrogens is 377 g/mol. The van der Waals surface area contributed by atoms with Crippen LogP contribution in [0.4, 0.5) is 4.39 Å². The van der Waals surface area contributed by atoms with Crippen LogP contribution in [0.15, 0.2) is 23.0 Å². The molecule has 1 atom stereocenters. The van der Waals surface area contributed by atoms with E-state index in [0.717, 1.165) is 31.3 Å². The minimum absolute atomic E-state index is 0.0352. The Hall–Kier alpha value is -1.23. The fourth-order valence-corrected chi connectivity index (χ4v) is 7.10. The van der Waals surface area contributed by atoms with E-state index in [1.165, 1.54) is 6.92 Å². The van der Waals surface area contributed by atoms with Crippen molar-refractivity contribution in [3.63, 3.8) is 0 Å². The summed E-state index contributed by atoms with van der Waals surface area (Å²) < 4.78 is 41.3. The number of allylic oxidation sites excluding steroid dienone is 3. The molecule has 2 fully saturated rings. The first-order valence-electron chi connectivity index (χ1n) is 10.4. The summed E-state index contributed by atoms with van der Waals surface area (Å²) in [5, 5.41) is 9.02. The van der Waals surface area contributed by atoms with Crippen LogP contribution >= 0.6 is 0 Å². The molecule has 2 heterocycles. The van der Waals surface area contributed by atoms with Crippen molar-refractivity contribution in [2.45, 2.75) is 77.0 Å². The van der Waals surface area contributed by atoms with Gasteiger partial charge >= 0.3 is 0 Å². The lowest BCUT2D eigenvalue weighted by atomic mass is 10.0. The van der Waals surface area contributed by atoms with E-state index in [1.807, 2.05) is 13.0 Å². The lowest BCUT2D eigenvalue weighted by molar-refractivity contribution is 0.303. The molecule has 2 aliphatic rings. The Morgan fingerprint density at radius 3 is 2.36 bits per heavy atom. The fraction of sp³-hybridized carbons (Fsp3) is 0.762. The monoisotopic (exact) mass is 411 g/mol. The Bertz CT molecular complexity index is 759. The van der Waals surface area contributed by atoms with Gasteiger partial charge < -0.3 is 0 Å². The lowest BCUT2D eigenvalue weighted by Gasteiger charge is -2.30. The third kappa shape index (κ3) is 4.67. The fourth-order valence-electron chi connectivity index (χ4n) is 4.62. The molecule has 1 spiro atoms. The molecule has 28 heavy (non-hydrogen) atoms. The molecular formula is C21H34FN3O2S. The highest BCUT2D eigenvalue weighted by Crippen LogP contribution is 2.42. The predicted octanol–water partition coefficient (Wildman–Crippen LogP) is 4.15. The van der Waals surface area contributed by atoms with Gasteiger partial charge in [-0.1, -0.05) is 32.3 Å². The van der Waals surface area contributed by atoms with Gasteiger partial charge in [-0.05, 0) is 45.6 Å². The third-order valence-corrected chi connectivity index (χ3v) is 8.78. The molecule has 2 rings (SSSR count). The van der Waals surface area contributed by atoms with Crippen molar-refractivity contribution in [3.8, 4) is 6.07 Å². The SMILES string of the molecule is CCCC(CCC)N1CC[C@]2(CCN(C/C(C)=C/C(C#N)=C(\C)F)C2)S1(=O)=O. The second-order valence-electron chi connectivity index (χ2n) is 8.29. The van der Waals surface area contributed by atoms with Gasteiger partial charge in [0.05, 0.1) is 5.57 Å². The Labute approximate surface area is 169 Å². The molecule has 0 aliphatic carbocycles. The van der Waals surface area contributed by atoms with Gasteiger partial charge in [-0.3, -0.25) is 4.90 Å². The van der Waals surface area contributed by atoms with E-state index in [1.54, 1.807) is 10.4 Å². The highest BCUT2D eigenvalue weighted by molar-refractivity contribution is 7.90. The molecule has 0 amide bonds. The maximum Gasteiger partial charge on any atom is 0.221 e. The molecule has 7 heteroatoms. The summed E-state index contributed by atoms with van der Waals surface area (Å²) in [6, 6.07) is 1.98. The Balaban J connectivity index is 2.12. The van der Waals surface area contributed by atoms with Crippen LogP contribution in [0.3, 0.4) is 0 Å². The number of sulfonamides is 1. The second-order valence-corrected chi connectivity index (χ2v) is 10.6. The van der Waals surface area contributed by atoms with Gasteiger partial charge in [-0.15, -0.1) is 0 Å². The lowest BCUT2D eigenvalue weighted by Crippen LogP contribution is -2.45. The molecule has 5 nitrogen and oxygen atoms in total.